The van der Waals surface area contributed by atoms with E-state index < -0.39 is 10.1 Å². The summed E-state index contributed by atoms with van der Waals surface area (Å²) in [4.78, 5) is 0. The van der Waals surface area contributed by atoms with Gasteiger partial charge in [-0.2, -0.15) is 8.42 Å². The first-order valence-electron chi connectivity index (χ1n) is 3.95. The number of rotatable bonds is 2. The first-order chi connectivity index (χ1) is 5.49. The van der Waals surface area contributed by atoms with Gasteiger partial charge in [-0.15, -0.1) is 0 Å². The Hall–Kier alpha value is -0.130. The lowest BCUT2D eigenvalue weighted by Crippen LogP contribution is -2.55. The van der Waals surface area contributed by atoms with Crippen molar-refractivity contribution in [3.05, 3.63) is 0 Å². The van der Waals surface area contributed by atoms with Crippen molar-refractivity contribution in [2.24, 2.45) is 5.41 Å². The Morgan fingerprint density at radius 2 is 2.00 bits per heavy atom. The molecule has 0 bridgehead atoms. The number of hydrogen-bond acceptors (Lipinski definition) is 4. The molecule has 0 N–H and O–H groups in total. The predicted molar refractivity (Wildman–Crippen MR) is 42.2 cm³/mol. The van der Waals surface area contributed by atoms with Crippen LogP contribution in [-0.2, 0) is 19.0 Å². The topological polar surface area (TPSA) is 52.6 Å². The second-order valence-corrected chi connectivity index (χ2v) is 5.42. The monoisotopic (exact) mass is 192 g/mol. The molecule has 0 radical (unpaired) electrons. The summed E-state index contributed by atoms with van der Waals surface area (Å²) in [6.45, 7) is 1.55. The first kappa shape index (κ1) is 8.47. The summed E-state index contributed by atoms with van der Waals surface area (Å²) in [7, 11) is -3.26. The van der Waals surface area contributed by atoms with Crippen LogP contribution in [0, 0.1) is 5.41 Å². The zero-order chi connectivity index (χ0) is 8.82. The lowest BCUT2D eigenvalue weighted by atomic mass is 9.65. The molecule has 1 heterocycles. The molecule has 70 valence electrons. The third kappa shape index (κ3) is 1.48. The normalized spacial score (nSPS) is 28.1. The molecule has 5 heteroatoms. The van der Waals surface area contributed by atoms with E-state index in [9.17, 15) is 8.42 Å². The Morgan fingerprint density at radius 1 is 1.42 bits per heavy atom. The van der Waals surface area contributed by atoms with Gasteiger partial charge < -0.3 is 4.74 Å². The molecule has 1 spiro atoms. The fourth-order valence-corrected chi connectivity index (χ4v) is 2.48. The van der Waals surface area contributed by atoms with E-state index >= 15 is 0 Å². The van der Waals surface area contributed by atoms with Gasteiger partial charge in [-0.05, 0) is 12.8 Å². The highest BCUT2D eigenvalue weighted by molar-refractivity contribution is 7.86. The van der Waals surface area contributed by atoms with Gasteiger partial charge in [0.25, 0.3) is 10.1 Å². The van der Waals surface area contributed by atoms with Crippen molar-refractivity contribution in [3.63, 3.8) is 0 Å². The first-order valence-corrected chi connectivity index (χ1v) is 5.77. The van der Waals surface area contributed by atoms with Crippen molar-refractivity contribution in [2.45, 2.75) is 18.9 Å². The fraction of sp³-hybridized carbons (Fsp3) is 1.00. The van der Waals surface area contributed by atoms with Crippen molar-refractivity contribution < 1.29 is 17.3 Å². The van der Waals surface area contributed by atoms with Crippen LogP contribution in [0.15, 0.2) is 0 Å². The summed E-state index contributed by atoms with van der Waals surface area (Å²) in [6.07, 6.45) is 2.67. The number of ether oxygens (including phenoxy) is 1. The summed E-state index contributed by atoms with van der Waals surface area (Å²) in [5.74, 6) is 0. The Bertz CT molecular complexity index is 270. The van der Waals surface area contributed by atoms with Gasteiger partial charge in [0.15, 0.2) is 0 Å². The molecule has 2 fully saturated rings. The standard InChI is InChI=1S/C7H12O4S/c1-12(8,9)11-6-2-7(3-6)4-10-5-7/h6H,2-5H2,1H3. The SMILES string of the molecule is CS(=O)(=O)OC1CC2(COC2)C1. The summed E-state index contributed by atoms with van der Waals surface area (Å²) >= 11 is 0. The van der Waals surface area contributed by atoms with Gasteiger partial charge in [-0.25, -0.2) is 0 Å². The van der Waals surface area contributed by atoms with Crippen LogP contribution in [0.4, 0.5) is 0 Å². The molecular weight excluding hydrogens is 180 g/mol. The van der Waals surface area contributed by atoms with Crippen LogP contribution in [0.25, 0.3) is 0 Å². The highest BCUT2D eigenvalue weighted by atomic mass is 32.2. The summed E-state index contributed by atoms with van der Waals surface area (Å²) < 4.78 is 31.3. The maximum absolute atomic E-state index is 10.7. The minimum absolute atomic E-state index is 0.0936. The minimum Gasteiger partial charge on any atom is -0.380 e. The van der Waals surface area contributed by atoms with Crippen LogP contribution in [0.5, 0.6) is 0 Å². The zero-order valence-electron chi connectivity index (χ0n) is 6.95. The van der Waals surface area contributed by atoms with Gasteiger partial charge in [-0.3, -0.25) is 4.18 Å². The third-order valence-corrected chi connectivity index (χ3v) is 3.07. The summed E-state index contributed by atoms with van der Waals surface area (Å²) in [5.41, 5.74) is 0.273. The summed E-state index contributed by atoms with van der Waals surface area (Å²) in [6, 6.07) is 0. The molecule has 0 aromatic rings. The summed E-state index contributed by atoms with van der Waals surface area (Å²) in [5, 5.41) is 0. The fourth-order valence-electron chi connectivity index (χ4n) is 1.85. The van der Waals surface area contributed by atoms with Crippen LogP contribution in [0.3, 0.4) is 0 Å². The molecule has 0 atom stereocenters. The molecule has 1 aliphatic heterocycles. The molecule has 1 saturated carbocycles. The zero-order valence-corrected chi connectivity index (χ0v) is 7.76. The van der Waals surface area contributed by atoms with E-state index in [-0.39, 0.29) is 11.5 Å². The maximum Gasteiger partial charge on any atom is 0.264 e. The molecule has 2 rings (SSSR count). The molecule has 12 heavy (non-hydrogen) atoms. The van der Waals surface area contributed by atoms with Crippen LogP contribution in [0.1, 0.15) is 12.8 Å². The van der Waals surface area contributed by atoms with Gasteiger partial charge in [0.05, 0.1) is 25.6 Å². The van der Waals surface area contributed by atoms with Crippen LogP contribution in [-0.4, -0.2) is 34.0 Å². The Labute approximate surface area is 72.0 Å². The lowest BCUT2D eigenvalue weighted by molar-refractivity contribution is -0.190. The number of hydrogen-bond donors (Lipinski definition) is 0. The minimum atomic E-state index is -3.26. The van der Waals surface area contributed by atoms with E-state index in [0.29, 0.717) is 0 Å². The molecule has 4 nitrogen and oxygen atoms in total. The maximum atomic E-state index is 10.7. The molecule has 0 aromatic carbocycles. The molecule has 1 aliphatic carbocycles. The highest BCUT2D eigenvalue weighted by Crippen LogP contribution is 2.48. The van der Waals surface area contributed by atoms with Gasteiger partial charge in [0, 0.05) is 5.41 Å². The van der Waals surface area contributed by atoms with Gasteiger partial charge >= 0.3 is 0 Å². The largest absolute Gasteiger partial charge is 0.380 e. The van der Waals surface area contributed by atoms with Crippen LogP contribution < -0.4 is 0 Å². The van der Waals surface area contributed by atoms with Crippen molar-refractivity contribution in [2.75, 3.05) is 19.5 Å². The molecular formula is C7H12O4S. The average molecular weight is 192 g/mol. The van der Waals surface area contributed by atoms with Crippen molar-refractivity contribution in [3.8, 4) is 0 Å². The van der Waals surface area contributed by atoms with E-state index in [1.165, 1.54) is 0 Å². The third-order valence-electron chi connectivity index (χ3n) is 2.45. The van der Waals surface area contributed by atoms with Crippen molar-refractivity contribution in [1.82, 2.24) is 0 Å². The van der Waals surface area contributed by atoms with E-state index in [1.807, 2.05) is 0 Å². The lowest BCUT2D eigenvalue weighted by Gasteiger charge is -2.52. The second-order valence-electron chi connectivity index (χ2n) is 3.82. The Balaban J connectivity index is 1.82. The smallest absolute Gasteiger partial charge is 0.264 e. The molecule has 1 saturated heterocycles. The quantitative estimate of drug-likeness (QED) is 0.584. The van der Waals surface area contributed by atoms with Crippen LogP contribution >= 0.6 is 0 Å². The van der Waals surface area contributed by atoms with Gasteiger partial charge in [-0.1, -0.05) is 0 Å². The van der Waals surface area contributed by atoms with Gasteiger partial charge in [0.1, 0.15) is 0 Å². The molecule has 0 amide bonds. The van der Waals surface area contributed by atoms with Crippen LogP contribution in [0.2, 0.25) is 0 Å². The van der Waals surface area contributed by atoms with Gasteiger partial charge in [0.2, 0.25) is 0 Å². The van der Waals surface area contributed by atoms with Crippen molar-refractivity contribution in [1.29, 1.82) is 0 Å². The average Bonchev–Trinajstić information content (AvgIpc) is 1.69. The predicted octanol–water partition coefficient (Wildman–Crippen LogP) is 0.142. The highest BCUT2D eigenvalue weighted by Gasteiger charge is 2.51. The molecule has 0 unspecified atom stereocenters. The second kappa shape index (κ2) is 2.43. The van der Waals surface area contributed by atoms with E-state index in [0.717, 1.165) is 32.3 Å². The molecule has 2 aliphatic rings. The van der Waals surface area contributed by atoms with Crippen molar-refractivity contribution >= 4 is 10.1 Å². The Morgan fingerprint density at radius 3 is 2.33 bits per heavy atom. The van der Waals surface area contributed by atoms with E-state index in [2.05, 4.69) is 0 Å². The Kier molecular flexibility index (Phi) is 1.72. The molecule has 0 aromatic heterocycles. The van der Waals surface area contributed by atoms with E-state index in [4.69, 9.17) is 8.92 Å². The van der Waals surface area contributed by atoms with E-state index in [1.54, 1.807) is 0 Å².